The summed E-state index contributed by atoms with van der Waals surface area (Å²) in [6.45, 7) is 2.13. The smallest absolute Gasteiger partial charge is 0.259 e. The minimum Gasteiger partial charge on any atom is -0.298 e. The fourth-order valence-corrected chi connectivity index (χ4v) is 3.60. The molecule has 0 saturated heterocycles. The van der Waals surface area contributed by atoms with E-state index in [1.54, 1.807) is 6.07 Å². The molecule has 0 bridgehead atoms. The highest BCUT2D eigenvalue weighted by atomic mass is 35.5. The number of hydrogen-bond donors (Lipinski definition) is 0. The van der Waals surface area contributed by atoms with E-state index in [2.05, 4.69) is 13.0 Å². The molecule has 0 N–H and O–H groups in total. The molecule has 1 amide bonds. The maximum atomic E-state index is 12.7. The number of anilines is 1. The van der Waals surface area contributed by atoms with Gasteiger partial charge in [0.15, 0.2) is 0 Å². The van der Waals surface area contributed by atoms with Crippen molar-refractivity contribution < 1.29 is 4.79 Å². The zero-order chi connectivity index (χ0) is 13.2. The molecule has 19 heavy (non-hydrogen) atoms. The average Bonchev–Trinajstić information content (AvgIpc) is 2.80. The maximum Gasteiger partial charge on any atom is 0.259 e. The summed E-state index contributed by atoms with van der Waals surface area (Å²) < 4.78 is 0. The van der Waals surface area contributed by atoms with Gasteiger partial charge in [-0.15, -0.1) is 0 Å². The van der Waals surface area contributed by atoms with E-state index in [-0.39, 0.29) is 11.4 Å². The van der Waals surface area contributed by atoms with Crippen LogP contribution in [0.1, 0.15) is 28.4 Å². The molecule has 0 aromatic heterocycles. The fourth-order valence-electron chi connectivity index (χ4n) is 3.43. The minimum absolute atomic E-state index is 0.0601. The molecule has 0 spiro atoms. The number of carbonyl (C=O) groups is 1. The topological polar surface area (TPSA) is 20.3 Å². The van der Waals surface area contributed by atoms with Crippen LogP contribution < -0.4 is 4.90 Å². The molecule has 0 radical (unpaired) electrons. The predicted octanol–water partition coefficient (Wildman–Crippen LogP) is 3.77. The molecule has 94 valence electrons. The van der Waals surface area contributed by atoms with Crippen LogP contribution >= 0.6 is 11.6 Å². The summed E-state index contributed by atoms with van der Waals surface area (Å²) in [6.07, 6.45) is 0.865. The van der Waals surface area contributed by atoms with Crippen molar-refractivity contribution in [1.82, 2.24) is 0 Å². The van der Waals surface area contributed by atoms with E-state index in [9.17, 15) is 4.79 Å². The molecule has 2 aliphatic rings. The van der Waals surface area contributed by atoms with Crippen LogP contribution in [0, 0.1) is 0 Å². The van der Waals surface area contributed by atoms with Gasteiger partial charge in [0.05, 0.1) is 5.54 Å². The third-order valence-corrected chi connectivity index (χ3v) is 4.49. The van der Waals surface area contributed by atoms with Crippen molar-refractivity contribution in [3.63, 3.8) is 0 Å². The number of benzene rings is 2. The summed E-state index contributed by atoms with van der Waals surface area (Å²) in [4.78, 5) is 14.6. The standard InChI is InChI=1S/C16H12ClNO/c1-16-9-10-4-2-3-5-14(10)18(16)15(19)12-8-11(17)6-7-13(12)16/h2-8H,9H2,1H3/t16-/m0/s1. The summed E-state index contributed by atoms with van der Waals surface area (Å²) >= 11 is 6.02. The quantitative estimate of drug-likeness (QED) is 0.713. The lowest BCUT2D eigenvalue weighted by Crippen LogP contribution is -2.38. The summed E-state index contributed by atoms with van der Waals surface area (Å²) in [5, 5.41) is 0.616. The van der Waals surface area contributed by atoms with Gasteiger partial charge in [0.25, 0.3) is 5.91 Å². The number of para-hydroxylation sites is 1. The van der Waals surface area contributed by atoms with E-state index in [0.29, 0.717) is 5.02 Å². The molecule has 0 fully saturated rings. The largest absolute Gasteiger partial charge is 0.298 e. The number of fused-ring (bicyclic) bond motifs is 5. The van der Waals surface area contributed by atoms with Crippen LogP contribution in [0.2, 0.25) is 5.02 Å². The lowest BCUT2D eigenvalue weighted by atomic mass is 9.88. The van der Waals surface area contributed by atoms with Crippen LogP contribution in [0.3, 0.4) is 0 Å². The van der Waals surface area contributed by atoms with Crippen LogP contribution in [-0.4, -0.2) is 5.91 Å². The van der Waals surface area contributed by atoms with Gasteiger partial charge in [-0.05, 0) is 36.2 Å². The third-order valence-electron chi connectivity index (χ3n) is 4.26. The van der Waals surface area contributed by atoms with Gasteiger partial charge in [-0.2, -0.15) is 0 Å². The maximum absolute atomic E-state index is 12.7. The number of halogens is 1. The van der Waals surface area contributed by atoms with Gasteiger partial charge in [-0.3, -0.25) is 9.69 Å². The predicted molar refractivity (Wildman–Crippen MR) is 75.8 cm³/mol. The Balaban J connectivity index is 1.99. The Morgan fingerprint density at radius 3 is 2.84 bits per heavy atom. The molecule has 3 heteroatoms. The Bertz CT molecular complexity index is 724. The van der Waals surface area contributed by atoms with Crippen molar-refractivity contribution in [2.24, 2.45) is 0 Å². The normalized spacial score (nSPS) is 23.3. The van der Waals surface area contributed by atoms with Crippen LogP contribution in [-0.2, 0) is 12.0 Å². The molecule has 2 aromatic carbocycles. The summed E-state index contributed by atoms with van der Waals surface area (Å²) in [5.41, 5.74) is 3.82. The molecule has 4 rings (SSSR count). The highest BCUT2D eigenvalue weighted by Gasteiger charge is 2.51. The van der Waals surface area contributed by atoms with Crippen molar-refractivity contribution >= 4 is 23.2 Å². The van der Waals surface area contributed by atoms with Crippen molar-refractivity contribution in [1.29, 1.82) is 0 Å². The highest BCUT2D eigenvalue weighted by Crippen LogP contribution is 2.50. The van der Waals surface area contributed by atoms with Crippen LogP contribution in [0.15, 0.2) is 42.5 Å². The van der Waals surface area contributed by atoms with Crippen molar-refractivity contribution in [3.8, 4) is 0 Å². The van der Waals surface area contributed by atoms with Gasteiger partial charge in [-0.25, -0.2) is 0 Å². The number of amides is 1. The number of nitrogens with zero attached hydrogens (tertiary/aromatic N) is 1. The second-order valence-electron chi connectivity index (χ2n) is 5.41. The third kappa shape index (κ3) is 1.25. The van der Waals surface area contributed by atoms with Crippen molar-refractivity contribution in [2.75, 3.05) is 4.90 Å². The molecule has 0 unspecified atom stereocenters. The highest BCUT2D eigenvalue weighted by molar-refractivity contribution is 6.31. The van der Waals surface area contributed by atoms with Gasteiger partial charge < -0.3 is 0 Å². The van der Waals surface area contributed by atoms with Gasteiger partial charge in [0, 0.05) is 22.7 Å². The Hall–Kier alpha value is -1.80. The first-order valence-corrected chi connectivity index (χ1v) is 6.71. The van der Waals surface area contributed by atoms with Crippen molar-refractivity contribution in [2.45, 2.75) is 18.9 Å². The zero-order valence-electron chi connectivity index (χ0n) is 10.5. The second kappa shape index (κ2) is 3.40. The first-order chi connectivity index (χ1) is 9.11. The minimum atomic E-state index is -0.263. The van der Waals surface area contributed by atoms with Gasteiger partial charge in [0.1, 0.15) is 0 Å². The molecule has 0 aliphatic carbocycles. The monoisotopic (exact) mass is 269 g/mol. The SMILES string of the molecule is C[C@@]12Cc3ccccc3N1C(=O)c1cc(Cl)ccc12. The lowest BCUT2D eigenvalue weighted by molar-refractivity contribution is 0.0983. The molecule has 2 nitrogen and oxygen atoms in total. The Labute approximate surface area is 116 Å². The number of carbonyl (C=O) groups excluding carboxylic acids is 1. The average molecular weight is 270 g/mol. The summed E-state index contributed by atoms with van der Waals surface area (Å²) in [6, 6.07) is 13.8. The summed E-state index contributed by atoms with van der Waals surface area (Å²) in [7, 11) is 0. The molecule has 1 atom stereocenters. The van der Waals surface area contributed by atoms with Crippen LogP contribution in [0.4, 0.5) is 5.69 Å². The van der Waals surface area contributed by atoms with E-state index in [4.69, 9.17) is 11.6 Å². The Morgan fingerprint density at radius 1 is 1.21 bits per heavy atom. The second-order valence-corrected chi connectivity index (χ2v) is 5.85. The van der Waals surface area contributed by atoms with Crippen LogP contribution in [0.25, 0.3) is 0 Å². The number of rotatable bonds is 0. The van der Waals surface area contributed by atoms with E-state index >= 15 is 0 Å². The van der Waals surface area contributed by atoms with Gasteiger partial charge >= 0.3 is 0 Å². The zero-order valence-corrected chi connectivity index (χ0v) is 11.2. The number of hydrogen-bond acceptors (Lipinski definition) is 1. The molecule has 2 aromatic rings. The van der Waals surface area contributed by atoms with E-state index in [1.807, 2.05) is 35.2 Å². The molecular formula is C16H12ClNO. The fraction of sp³-hybridized carbons (Fsp3) is 0.188. The van der Waals surface area contributed by atoms with Gasteiger partial charge in [0.2, 0.25) is 0 Å². The molecular weight excluding hydrogens is 258 g/mol. The van der Waals surface area contributed by atoms with E-state index in [0.717, 1.165) is 23.2 Å². The Morgan fingerprint density at radius 2 is 2.00 bits per heavy atom. The van der Waals surface area contributed by atoms with E-state index in [1.165, 1.54) is 5.56 Å². The van der Waals surface area contributed by atoms with Gasteiger partial charge in [-0.1, -0.05) is 35.9 Å². The summed E-state index contributed by atoms with van der Waals surface area (Å²) in [5.74, 6) is 0.0601. The molecule has 2 heterocycles. The first-order valence-electron chi connectivity index (χ1n) is 6.34. The van der Waals surface area contributed by atoms with E-state index < -0.39 is 0 Å². The lowest BCUT2D eigenvalue weighted by Gasteiger charge is -2.28. The molecule has 0 saturated carbocycles. The first kappa shape index (κ1) is 11.1. The van der Waals surface area contributed by atoms with Crippen molar-refractivity contribution in [3.05, 3.63) is 64.2 Å². The Kier molecular flexibility index (Phi) is 1.98. The van der Waals surface area contributed by atoms with Crippen LogP contribution in [0.5, 0.6) is 0 Å². The molecule has 2 aliphatic heterocycles.